The van der Waals surface area contributed by atoms with Gasteiger partial charge in [0.05, 0.1) is 17.1 Å². The van der Waals surface area contributed by atoms with Gasteiger partial charge >= 0.3 is 5.97 Å². The van der Waals surface area contributed by atoms with E-state index in [0.29, 0.717) is 12.0 Å². The first-order valence-electron chi connectivity index (χ1n) is 8.75. The second-order valence-corrected chi connectivity index (χ2v) is 8.59. The summed E-state index contributed by atoms with van der Waals surface area (Å²) in [5, 5.41) is 0. The van der Waals surface area contributed by atoms with E-state index in [1.807, 2.05) is 12.1 Å². The summed E-state index contributed by atoms with van der Waals surface area (Å²) in [7, 11) is -1.53. The van der Waals surface area contributed by atoms with E-state index >= 15 is 0 Å². The maximum atomic E-state index is 12.1. The molecule has 0 unspecified atom stereocenters. The standard InChI is InChI=1S/C18H26N2O5S/c1-4-20(5-2)15-8-6-14(7-9-15)18(22)25-12-17(21)19(3)16-10-11-26(23,24)13-16/h6-9,16H,4-5,10-13H2,1-3H3/t16-/m0/s1. The first-order chi connectivity index (χ1) is 12.3. The Balaban J connectivity index is 1.88. The van der Waals surface area contributed by atoms with E-state index in [0.717, 1.165) is 18.8 Å². The number of esters is 1. The number of anilines is 1. The van der Waals surface area contributed by atoms with Gasteiger partial charge in [0, 0.05) is 31.9 Å². The SMILES string of the molecule is CCN(CC)c1ccc(C(=O)OCC(=O)N(C)[C@H]2CCS(=O)(=O)C2)cc1. The van der Waals surface area contributed by atoms with Crippen LogP contribution in [0.3, 0.4) is 0 Å². The van der Waals surface area contributed by atoms with E-state index in [2.05, 4.69) is 18.7 Å². The minimum atomic E-state index is -3.07. The highest BCUT2D eigenvalue weighted by Gasteiger charge is 2.32. The third-order valence-electron chi connectivity index (χ3n) is 4.71. The average Bonchev–Trinajstić information content (AvgIpc) is 3.00. The molecule has 0 saturated carbocycles. The molecule has 1 aliphatic heterocycles. The molecule has 1 amide bonds. The topological polar surface area (TPSA) is 84.0 Å². The summed E-state index contributed by atoms with van der Waals surface area (Å²) in [6, 6.07) is 6.70. The number of rotatable bonds is 7. The fourth-order valence-corrected chi connectivity index (χ4v) is 4.77. The largest absolute Gasteiger partial charge is 0.452 e. The molecule has 2 rings (SSSR count). The molecule has 0 bridgehead atoms. The lowest BCUT2D eigenvalue weighted by molar-refractivity contribution is -0.134. The number of likely N-dealkylation sites (N-methyl/N-ethyl adjacent to an activating group) is 1. The Labute approximate surface area is 154 Å². The Hall–Kier alpha value is -2.09. The van der Waals surface area contributed by atoms with Gasteiger partial charge in [-0.3, -0.25) is 4.79 Å². The summed E-state index contributed by atoms with van der Waals surface area (Å²) < 4.78 is 28.1. The van der Waals surface area contributed by atoms with Crippen molar-refractivity contribution in [2.75, 3.05) is 43.1 Å². The van der Waals surface area contributed by atoms with Crippen molar-refractivity contribution in [2.24, 2.45) is 0 Å². The molecule has 1 atom stereocenters. The van der Waals surface area contributed by atoms with Crippen LogP contribution >= 0.6 is 0 Å². The number of sulfone groups is 1. The van der Waals surface area contributed by atoms with E-state index in [4.69, 9.17) is 4.74 Å². The van der Waals surface area contributed by atoms with Gasteiger partial charge in [-0.1, -0.05) is 0 Å². The fraction of sp³-hybridized carbons (Fsp3) is 0.556. The normalized spacial score (nSPS) is 18.3. The van der Waals surface area contributed by atoms with Crippen molar-refractivity contribution in [3.05, 3.63) is 29.8 Å². The lowest BCUT2D eigenvalue weighted by Crippen LogP contribution is -2.40. The van der Waals surface area contributed by atoms with E-state index < -0.39 is 28.3 Å². The van der Waals surface area contributed by atoms with Crippen LogP contribution in [-0.2, 0) is 19.4 Å². The predicted octanol–water partition coefficient (Wildman–Crippen LogP) is 1.34. The molecule has 1 saturated heterocycles. The lowest BCUT2D eigenvalue weighted by atomic mass is 10.2. The number of benzene rings is 1. The number of hydrogen-bond donors (Lipinski definition) is 0. The molecule has 0 N–H and O–H groups in total. The molecule has 0 aliphatic carbocycles. The average molecular weight is 382 g/mol. The maximum absolute atomic E-state index is 12.1. The summed E-state index contributed by atoms with van der Waals surface area (Å²) in [5.74, 6) is -0.915. The molecule has 7 nitrogen and oxygen atoms in total. The number of amides is 1. The van der Waals surface area contributed by atoms with Gasteiger partial charge in [-0.25, -0.2) is 13.2 Å². The molecule has 0 spiro atoms. The monoisotopic (exact) mass is 382 g/mol. The minimum absolute atomic E-state index is 0.0317. The van der Waals surface area contributed by atoms with Gasteiger partial charge in [-0.2, -0.15) is 0 Å². The van der Waals surface area contributed by atoms with Crippen LogP contribution in [-0.4, -0.2) is 69.5 Å². The third-order valence-corrected chi connectivity index (χ3v) is 6.46. The van der Waals surface area contributed by atoms with Crippen LogP contribution in [0, 0.1) is 0 Å². The zero-order valence-corrected chi connectivity index (χ0v) is 16.3. The Kier molecular flexibility index (Phi) is 6.63. The molecular formula is C18H26N2O5S. The van der Waals surface area contributed by atoms with Crippen molar-refractivity contribution in [1.29, 1.82) is 0 Å². The zero-order valence-electron chi connectivity index (χ0n) is 15.5. The Bertz CT molecular complexity index is 741. The van der Waals surface area contributed by atoms with E-state index in [1.54, 1.807) is 19.2 Å². The molecule has 8 heteroatoms. The minimum Gasteiger partial charge on any atom is -0.452 e. The van der Waals surface area contributed by atoms with Gasteiger partial charge in [0.1, 0.15) is 0 Å². The van der Waals surface area contributed by atoms with Crippen LogP contribution in [0.4, 0.5) is 5.69 Å². The van der Waals surface area contributed by atoms with Crippen molar-refractivity contribution >= 4 is 27.4 Å². The molecule has 1 aromatic rings. The van der Waals surface area contributed by atoms with Crippen LogP contribution < -0.4 is 4.90 Å². The van der Waals surface area contributed by atoms with Crippen molar-refractivity contribution in [3.63, 3.8) is 0 Å². The molecular weight excluding hydrogens is 356 g/mol. The van der Waals surface area contributed by atoms with Gasteiger partial charge in [0.25, 0.3) is 5.91 Å². The van der Waals surface area contributed by atoms with E-state index in [-0.39, 0.29) is 17.5 Å². The Morgan fingerprint density at radius 3 is 2.27 bits per heavy atom. The molecule has 0 aromatic heterocycles. The summed E-state index contributed by atoms with van der Waals surface area (Å²) in [5.41, 5.74) is 1.39. The van der Waals surface area contributed by atoms with Crippen molar-refractivity contribution in [2.45, 2.75) is 26.3 Å². The molecule has 1 fully saturated rings. The third kappa shape index (κ3) is 4.97. The van der Waals surface area contributed by atoms with E-state index in [1.165, 1.54) is 4.90 Å². The maximum Gasteiger partial charge on any atom is 0.338 e. The summed E-state index contributed by atoms with van der Waals surface area (Å²) in [4.78, 5) is 27.8. The summed E-state index contributed by atoms with van der Waals surface area (Å²) in [6.07, 6.45) is 0.422. The highest BCUT2D eigenvalue weighted by molar-refractivity contribution is 7.91. The second kappa shape index (κ2) is 8.53. The number of ether oxygens (including phenoxy) is 1. The molecule has 1 heterocycles. The van der Waals surface area contributed by atoms with Crippen molar-refractivity contribution in [1.82, 2.24) is 4.90 Å². The van der Waals surface area contributed by atoms with Gasteiger partial charge in [-0.15, -0.1) is 0 Å². The van der Waals surface area contributed by atoms with Crippen LogP contribution in [0.25, 0.3) is 0 Å². The van der Waals surface area contributed by atoms with Gasteiger partial charge in [0.2, 0.25) is 0 Å². The molecule has 1 aliphatic rings. The number of carbonyl (C=O) groups excluding carboxylic acids is 2. The van der Waals surface area contributed by atoms with Crippen LogP contribution in [0.2, 0.25) is 0 Å². The van der Waals surface area contributed by atoms with E-state index in [9.17, 15) is 18.0 Å². The van der Waals surface area contributed by atoms with Gasteiger partial charge in [-0.05, 0) is 44.5 Å². The Morgan fingerprint density at radius 2 is 1.77 bits per heavy atom. The van der Waals surface area contributed by atoms with Crippen molar-refractivity contribution < 1.29 is 22.7 Å². The second-order valence-electron chi connectivity index (χ2n) is 6.36. The first kappa shape index (κ1) is 20.2. The number of hydrogen-bond acceptors (Lipinski definition) is 6. The van der Waals surface area contributed by atoms with Crippen LogP contribution in [0.15, 0.2) is 24.3 Å². The van der Waals surface area contributed by atoms with Crippen LogP contribution in [0.5, 0.6) is 0 Å². The molecule has 144 valence electrons. The van der Waals surface area contributed by atoms with Crippen LogP contribution in [0.1, 0.15) is 30.6 Å². The quantitative estimate of drug-likeness (QED) is 0.662. The first-order valence-corrected chi connectivity index (χ1v) is 10.6. The molecule has 26 heavy (non-hydrogen) atoms. The highest BCUT2D eigenvalue weighted by atomic mass is 32.2. The summed E-state index contributed by atoms with van der Waals surface area (Å²) >= 11 is 0. The number of carbonyl (C=O) groups is 2. The number of nitrogens with zero attached hydrogens (tertiary/aromatic N) is 2. The lowest BCUT2D eigenvalue weighted by Gasteiger charge is -2.23. The van der Waals surface area contributed by atoms with Crippen molar-refractivity contribution in [3.8, 4) is 0 Å². The zero-order chi connectivity index (χ0) is 19.3. The molecule has 0 radical (unpaired) electrons. The summed E-state index contributed by atoms with van der Waals surface area (Å²) in [6.45, 7) is 5.46. The predicted molar refractivity (Wildman–Crippen MR) is 100 cm³/mol. The highest BCUT2D eigenvalue weighted by Crippen LogP contribution is 2.17. The van der Waals surface area contributed by atoms with Gasteiger partial charge in [0.15, 0.2) is 16.4 Å². The smallest absolute Gasteiger partial charge is 0.338 e. The Morgan fingerprint density at radius 1 is 1.15 bits per heavy atom. The molecule has 1 aromatic carbocycles. The van der Waals surface area contributed by atoms with Gasteiger partial charge < -0.3 is 14.5 Å². The fourth-order valence-electron chi connectivity index (χ4n) is 2.99.